The Morgan fingerprint density at radius 3 is 2.24 bits per heavy atom. The number of carbonyl (C=O) groups is 2. The third-order valence-electron chi connectivity index (χ3n) is 5.51. The van der Waals surface area contributed by atoms with E-state index in [-0.39, 0.29) is 11.8 Å². The predicted octanol–water partition coefficient (Wildman–Crippen LogP) is 3.03. The summed E-state index contributed by atoms with van der Waals surface area (Å²) in [6.45, 7) is 5.35. The average molecular weight is 343 g/mol. The van der Waals surface area contributed by atoms with Gasteiger partial charge in [0.25, 0.3) is 5.91 Å². The molecule has 2 atom stereocenters. The van der Waals surface area contributed by atoms with Crippen LogP contribution in [0.15, 0.2) is 24.3 Å². The largest absolute Gasteiger partial charge is 0.339 e. The standard InChI is InChI=1S/C20H29N3O2/c1-3-23(4-2)20(25)15-5-7-16(8-6-15)22-19(24)13-14-11-17-9-10-18(12-14)21-17/h5-8,14,17-18,21H,3-4,9-13H2,1-2H3,(H,22,24). The Kier molecular flexibility index (Phi) is 5.74. The van der Waals surface area contributed by atoms with E-state index in [1.807, 2.05) is 26.0 Å². The number of rotatable bonds is 6. The van der Waals surface area contributed by atoms with Gasteiger partial charge < -0.3 is 15.5 Å². The summed E-state index contributed by atoms with van der Waals surface area (Å²) < 4.78 is 0. The molecule has 2 N–H and O–H groups in total. The van der Waals surface area contributed by atoms with Crippen LogP contribution in [-0.2, 0) is 4.79 Å². The van der Waals surface area contributed by atoms with Gasteiger partial charge in [0, 0.05) is 42.8 Å². The van der Waals surface area contributed by atoms with E-state index < -0.39 is 0 Å². The Hall–Kier alpha value is -1.88. The van der Waals surface area contributed by atoms with Crippen molar-refractivity contribution in [3.8, 4) is 0 Å². The second kappa shape index (κ2) is 8.00. The fourth-order valence-corrected chi connectivity index (χ4v) is 4.21. The number of carbonyl (C=O) groups excluding carboxylic acids is 2. The Balaban J connectivity index is 1.52. The lowest BCUT2D eigenvalue weighted by Gasteiger charge is -2.28. The Morgan fingerprint density at radius 2 is 1.68 bits per heavy atom. The van der Waals surface area contributed by atoms with Crippen LogP contribution in [0, 0.1) is 5.92 Å². The van der Waals surface area contributed by atoms with E-state index in [1.165, 1.54) is 12.8 Å². The van der Waals surface area contributed by atoms with Crippen LogP contribution in [0.4, 0.5) is 5.69 Å². The van der Waals surface area contributed by atoms with E-state index in [0.29, 0.717) is 43.1 Å². The summed E-state index contributed by atoms with van der Waals surface area (Å²) in [6.07, 6.45) is 5.33. The number of nitrogens with one attached hydrogen (secondary N) is 2. The van der Waals surface area contributed by atoms with Crippen LogP contribution >= 0.6 is 0 Å². The van der Waals surface area contributed by atoms with Gasteiger partial charge in [0.15, 0.2) is 0 Å². The van der Waals surface area contributed by atoms with Crippen molar-refractivity contribution in [3.05, 3.63) is 29.8 Å². The number of anilines is 1. The number of hydrogen-bond donors (Lipinski definition) is 2. The molecule has 2 amide bonds. The lowest BCUT2D eigenvalue weighted by Crippen LogP contribution is -2.39. The minimum atomic E-state index is 0.0352. The molecule has 5 nitrogen and oxygen atoms in total. The van der Waals surface area contributed by atoms with Gasteiger partial charge in [-0.2, -0.15) is 0 Å². The molecule has 136 valence electrons. The normalized spacial score (nSPS) is 24.8. The van der Waals surface area contributed by atoms with Crippen LogP contribution < -0.4 is 10.6 Å². The minimum absolute atomic E-state index is 0.0352. The van der Waals surface area contributed by atoms with Crippen molar-refractivity contribution in [2.75, 3.05) is 18.4 Å². The Morgan fingerprint density at radius 1 is 1.08 bits per heavy atom. The predicted molar refractivity (Wildman–Crippen MR) is 99.6 cm³/mol. The first-order valence-corrected chi connectivity index (χ1v) is 9.54. The quantitative estimate of drug-likeness (QED) is 0.835. The van der Waals surface area contributed by atoms with Gasteiger partial charge in [-0.1, -0.05) is 0 Å². The molecule has 0 spiro atoms. The molecule has 2 heterocycles. The van der Waals surface area contributed by atoms with Crippen molar-refractivity contribution in [3.63, 3.8) is 0 Å². The molecule has 1 aromatic carbocycles. The topological polar surface area (TPSA) is 61.4 Å². The molecular weight excluding hydrogens is 314 g/mol. The van der Waals surface area contributed by atoms with Gasteiger partial charge in [-0.3, -0.25) is 9.59 Å². The Bertz CT molecular complexity index is 598. The average Bonchev–Trinajstić information content (AvgIpc) is 2.95. The van der Waals surface area contributed by atoms with Gasteiger partial charge in [-0.05, 0) is 69.7 Å². The molecule has 2 unspecified atom stereocenters. The highest BCUT2D eigenvalue weighted by atomic mass is 16.2. The number of piperidine rings is 1. The number of hydrogen-bond acceptors (Lipinski definition) is 3. The summed E-state index contributed by atoms with van der Waals surface area (Å²) in [5, 5.41) is 6.59. The van der Waals surface area contributed by atoms with Crippen molar-refractivity contribution in [1.29, 1.82) is 0 Å². The van der Waals surface area contributed by atoms with Gasteiger partial charge in [-0.15, -0.1) is 0 Å². The van der Waals surface area contributed by atoms with Crippen LogP contribution in [0.3, 0.4) is 0 Å². The molecule has 5 heteroatoms. The Labute approximate surface area is 150 Å². The first kappa shape index (κ1) is 17.9. The van der Waals surface area contributed by atoms with Crippen molar-refractivity contribution in [2.24, 2.45) is 5.92 Å². The van der Waals surface area contributed by atoms with Crippen molar-refractivity contribution in [2.45, 2.75) is 58.0 Å². The van der Waals surface area contributed by atoms with Crippen molar-refractivity contribution < 1.29 is 9.59 Å². The van der Waals surface area contributed by atoms with Crippen LogP contribution in [0.1, 0.15) is 56.3 Å². The molecule has 0 saturated carbocycles. The number of nitrogens with zero attached hydrogens (tertiary/aromatic N) is 1. The van der Waals surface area contributed by atoms with E-state index in [1.54, 1.807) is 17.0 Å². The van der Waals surface area contributed by atoms with Crippen LogP contribution in [0.2, 0.25) is 0 Å². The highest BCUT2D eigenvalue weighted by Crippen LogP contribution is 2.32. The zero-order valence-corrected chi connectivity index (χ0v) is 15.3. The van der Waals surface area contributed by atoms with E-state index in [2.05, 4.69) is 10.6 Å². The molecule has 0 aliphatic carbocycles. The first-order valence-electron chi connectivity index (χ1n) is 9.54. The number of amides is 2. The molecule has 25 heavy (non-hydrogen) atoms. The smallest absolute Gasteiger partial charge is 0.253 e. The molecule has 2 saturated heterocycles. The molecule has 2 aliphatic heterocycles. The summed E-state index contributed by atoms with van der Waals surface area (Å²) in [4.78, 5) is 26.4. The minimum Gasteiger partial charge on any atom is -0.339 e. The molecule has 1 aromatic rings. The second-order valence-electron chi connectivity index (χ2n) is 7.28. The van der Waals surface area contributed by atoms with Gasteiger partial charge in [0.1, 0.15) is 0 Å². The maximum Gasteiger partial charge on any atom is 0.253 e. The molecule has 2 fully saturated rings. The van der Waals surface area contributed by atoms with Gasteiger partial charge >= 0.3 is 0 Å². The second-order valence-corrected chi connectivity index (χ2v) is 7.28. The number of benzene rings is 1. The maximum atomic E-state index is 12.3. The lowest BCUT2D eigenvalue weighted by molar-refractivity contribution is -0.117. The van der Waals surface area contributed by atoms with E-state index in [0.717, 1.165) is 18.5 Å². The molecular formula is C20H29N3O2. The van der Waals surface area contributed by atoms with Gasteiger partial charge in [0.05, 0.1) is 0 Å². The summed E-state index contributed by atoms with van der Waals surface area (Å²) >= 11 is 0. The van der Waals surface area contributed by atoms with Crippen molar-refractivity contribution in [1.82, 2.24) is 10.2 Å². The van der Waals surface area contributed by atoms with Crippen molar-refractivity contribution >= 4 is 17.5 Å². The van der Waals surface area contributed by atoms with Gasteiger partial charge in [0.2, 0.25) is 5.91 Å². The zero-order chi connectivity index (χ0) is 17.8. The zero-order valence-electron chi connectivity index (χ0n) is 15.3. The molecule has 2 aliphatic rings. The van der Waals surface area contributed by atoms with Crippen LogP contribution in [0.25, 0.3) is 0 Å². The molecule has 0 aromatic heterocycles. The van der Waals surface area contributed by atoms with E-state index in [9.17, 15) is 9.59 Å². The van der Waals surface area contributed by atoms with Crippen LogP contribution in [0.5, 0.6) is 0 Å². The summed E-state index contributed by atoms with van der Waals surface area (Å²) in [6, 6.07) is 8.45. The highest BCUT2D eigenvalue weighted by Gasteiger charge is 2.34. The SMILES string of the molecule is CCN(CC)C(=O)c1ccc(NC(=O)CC2CC3CCC(C2)N3)cc1. The highest BCUT2D eigenvalue weighted by molar-refractivity contribution is 5.95. The molecule has 0 radical (unpaired) electrons. The number of fused-ring (bicyclic) bond motifs is 2. The third-order valence-corrected chi connectivity index (χ3v) is 5.51. The molecule has 2 bridgehead atoms. The van der Waals surface area contributed by atoms with Crippen LogP contribution in [-0.4, -0.2) is 41.9 Å². The summed E-state index contributed by atoms with van der Waals surface area (Å²) in [7, 11) is 0. The third kappa shape index (κ3) is 4.40. The fourth-order valence-electron chi connectivity index (χ4n) is 4.21. The lowest BCUT2D eigenvalue weighted by atomic mass is 9.89. The fraction of sp³-hybridized carbons (Fsp3) is 0.600. The molecule has 3 rings (SSSR count). The first-order chi connectivity index (χ1) is 12.1. The monoisotopic (exact) mass is 343 g/mol. The summed E-state index contributed by atoms with van der Waals surface area (Å²) in [5.41, 5.74) is 1.43. The van der Waals surface area contributed by atoms with E-state index in [4.69, 9.17) is 0 Å². The van der Waals surface area contributed by atoms with Gasteiger partial charge in [-0.25, -0.2) is 0 Å². The maximum absolute atomic E-state index is 12.3. The van der Waals surface area contributed by atoms with E-state index >= 15 is 0 Å². The summed E-state index contributed by atoms with van der Waals surface area (Å²) in [5.74, 6) is 0.601.